The normalized spacial score (nSPS) is 10.3. The summed E-state index contributed by atoms with van der Waals surface area (Å²) in [6, 6.07) is 3.39. The summed E-state index contributed by atoms with van der Waals surface area (Å²) in [6.45, 7) is 0.759. The minimum atomic E-state index is -0.468. The van der Waals surface area contributed by atoms with Crippen molar-refractivity contribution < 1.29 is 4.79 Å². The van der Waals surface area contributed by atoms with Crippen molar-refractivity contribution in [2.45, 2.75) is 6.42 Å². The smallest absolute Gasteiger partial charge is 0.250 e. The summed E-state index contributed by atoms with van der Waals surface area (Å²) in [5, 5.41) is 7.26. The van der Waals surface area contributed by atoms with Crippen LogP contribution < -0.4 is 11.1 Å². The Morgan fingerprint density at radius 3 is 2.83 bits per heavy atom. The molecule has 0 unspecified atom stereocenters. The fourth-order valence-electron chi connectivity index (χ4n) is 1.58. The van der Waals surface area contributed by atoms with Gasteiger partial charge in [0.15, 0.2) is 0 Å². The van der Waals surface area contributed by atoms with Crippen LogP contribution in [-0.2, 0) is 13.5 Å². The van der Waals surface area contributed by atoms with E-state index in [0.717, 1.165) is 18.8 Å². The van der Waals surface area contributed by atoms with Crippen LogP contribution >= 0.6 is 0 Å². The largest absolute Gasteiger partial charge is 0.370 e. The lowest BCUT2D eigenvalue weighted by molar-refractivity contribution is 0.1000. The molecule has 18 heavy (non-hydrogen) atoms. The zero-order chi connectivity index (χ0) is 13.0. The first-order valence-corrected chi connectivity index (χ1v) is 5.62. The van der Waals surface area contributed by atoms with Crippen LogP contribution in [0.5, 0.6) is 0 Å². The molecule has 2 rings (SSSR count). The standard InChI is InChI=1S/C12H15N5O/c1-17-8-9(6-16-17)4-5-14-11-3-2-10(7-15-11)12(13)18/h2-3,6-8H,4-5H2,1H3,(H2,13,18)(H,14,15). The average molecular weight is 245 g/mol. The zero-order valence-corrected chi connectivity index (χ0v) is 10.1. The SMILES string of the molecule is Cn1cc(CCNc2ccc(C(N)=O)cn2)cn1. The van der Waals surface area contributed by atoms with Crippen molar-refractivity contribution in [1.29, 1.82) is 0 Å². The number of rotatable bonds is 5. The van der Waals surface area contributed by atoms with E-state index < -0.39 is 5.91 Å². The van der Waals surface area contributed by atoms with Crippen LogP contribution in [0, 0.1) is 0 Å². The van der Waals surface area contributed by atoms with E-state index in [-0.39, 0.29) is 0 Å². The number of aryl methyl sites for hydroxylation is 1. The number of aromatic nitrogens is 3. The molecular weight excluding hydrogens is 230 g/mol. The van der Waals surface area contributed by atoms with Gasteiger partial charge in [0, 0.05) is 26.0 Å². The first-order valence-electron chi connectivity index (χ1n) is 5.62. The van der Waals surface area contributed by atoms with Crippen LogP contribution in [0.1, 0.15) is 15.9 Å². The average Bonchev–Trinajstić information content (AvgIpc) is 2.76. The van der Waals surface area contributed by atoms with Crippen molar-refractivity contribution in [3.05, 3.63) is 41.9 Å². The molecule has 1 amide bonds. The number of anilines is 1. The lowest BCUT2D eigenvalue weighted by atomic mass is 10.2. The highest BCUT2D eigenvalue weighted by Gasteiger charge is 2.01. The molecule has 94 valence electrons. The van der Waals surface area contributed by atoms with E-state index in [0.29, 0.717) is 5.56 Å². The number of primary amides is 1. The molecule has 0 fully saturated rings. The van der Waals surface area contributed by atoms with Gasteiger partial charge in [-0.05, 0) is 24.1 Å². The molecule has 0 aliphatic rings. The van der Waals surface area contributed by atoms with E-state index in [1.165, 1.54) is 11.8 Å². The second-order valence-electron chi connectivity index (χ2n) is 4.00. The molecule has 0 aromatic carbocycles. The van der Waals surface area contributed by atoms with Crippen LogP contribution in [0.15, 0.2) is 30.7 Å². The number of hydrogen-bond donors (Lipinski definition) is 2. The molecular formula is C12H15N5O. The molecule has 2 heterocycles. The van der Waals surface area contributed by atoms with Crippen molar-refractivity contribution in [3.63, 3.8) is 0 Å². The lowest BCUT2D eigenvalue weighted by Crippen LogP contribution is -2.12. The second-order valence-corrected chi connectivity index (χ2v) is 4.00. The highest BCUT2D eigenvalue weighted by atomic mass is 16.1. The molecule has 6 nitrogen and oxygen atoms in total. The summed E-state index contributed by atoms with van der Waals surface area (Å²) < 4.78 is 1.77. The summed E-state index contributed by atoms with van der Waals surface area (Å²) in [5.41, 5.74) is 6.71. The quantitative estimate of drug-likeness (QED) is 0.806. The molecule has 0 aliphatic carbocycles. The van der Waals surface area contributed by atoms with Gasteiger partial charge in [-0.2, -0.15) is 5.10 Å². The van der Waals surface area contributed by atoms with Crippen LogP contribution in [0.2, 0.25) is 0 Å². The highest BCUT2D eigenvalue weighted by molar-refractivity contribution is 5.92. The van der Waals surface area contributed by atoms with Gasteiger partial charge < -0.3 is 11.1 Å². The predicted octanol–water partition coefficient (Wildman–Crippen LogP) is 0.569. The molecule has 0 spiro atoms. The Labute approximate surface area is 105 Å². The molecule has 0 saturated heterocycles. The Bertz CT molecular complexity index is 532. The number of pyridine rings is 1. The fourth-order valence-corrected chi connectivity index (χ4v) is 1.58. The minimum Gasteiger partial charge on any atom is -0.370 e. The lowest BCUT2D eigenvalue weighted by Gasteiger charge is -2.04. The van der Waals surface area contributed by atoms with E-state index in [2.05, 4.69) is 15.4 Å². The van der Waals surface area contributed by atoms with Crippen molar-refractivity contribution in [2.75, 3.05) is 11.9 Å². The summed E-state index contributed by atoms with van der Waals surface area (Å²) in [5.74, 6) is 0.258. The molecule has 0 radical (unpaired) electrons. The Morgan fingerprint density at radius 1 is 1.44 bits per heavy atom. The minimum absolute atomic E-state index is 0.410. The van der Waals surface area contributed by atoms with Gasteiger partial charge in [0.1, 0.15) is 5.82 Å². The predicted molar refractivity (Wildman–Crippen MR) is 68.2 cm³/mol. The summed E-state index contributed by atoms with van der Waals surface area (Å²) in [7, 11) is 1.89. The van der Waals surface area contributed by atoms with E-state index in [9.17, 15) is 4.79 Å². The monoisotopic (exact) mass is 245 g/mol. The van der Waals surface area contributed by atoms with Crippen LogP contribution in [0.4, 0.5) is 5.82 Å². The Morgan fingerprint density at radius 2 is 2.28 bits per heavy atom. The van der Waals surface area contributed by atoms with E-state index in [1.807, 2.05) is 19.4 Å². The zero-order valence-electron chi connectivity index (χ0n) is 10.1. The maximum Gasteiger partial charge on any atom is 0.250 e. The highest BCUT2D eigenvalue weighted by Crippen LogP contribution is 2.05. The number of nitrogens with two attached hydrogens (primary N) is 1. The first kappa shape index (κ1) is 12.1. The molecule has 6 heteroatoms. The number of nitrogens with zero attached hydrogens (tertiary/aromatic N) is 3. The number of hydrogen-bond acceptors (Lipinski definition) is 4. The topological polar surface area (TPSA) is 85.8 Å². The maximum absolute atomic E-state index is 10.9. The van der Waals surface area contributed by atoms with Crippen molar-refractivity contribution in [3.8, 4) is 0 Å². The van der Waals surface area contributed by atoms with Gasteiger partial charge in [-0.25, -0.2) is 4.98 Å². The van der Waals surface area contributed by atoms with E-state index in [4.69, 9.17) is 5.73 Å². The van der Waals surface area contributed by atoms with E-state index in [1.54, 1.807) is 16.8 Å². The van der Waals surface area contributed by atoms with Crippen LogP contribution in [0.25, 0.3) is 0 Å². The van der Waals surface area contributed by atoms with Gasteiger partial charge in [-0.3, -0.25) is 9.48 Å². The summed E-state index contributed by atoms with van der Waals surface area (Å²) >= 11 is 0. The number of carbonyl (C=O) groups excluding carboxylic acids is 1. The van der Waals surface area contributed by atoms with Gasteiger partial charge in [0.25, 0.3) is 0 Å². The Hall–Kier alpha value is -2.37. The number of nitrogens with one attached hydrogen (secondary N) is 1. The van der Waals surface area contributed by atoms with E-state index >= 15 is 0 Å². The molecule has 0 atom stereocenters. The Balaban J connectivity index is 1.85. The van der Waals surface area contributed by atoms with Gasteiger partial charge in [0.05, 0.1) is 11.8 Å². The summed E-state index contributed by atoms with van der Waals surface area (Å²) in [4.78, 5) is 15.0. The van der Waals surface area contributed by atoms with Gasteiger partial charge in [-0.1, -0.05) is 0 Å². The van der Waals surface area contributed by atoms with Gasteiger partial charge in [-0.15, -0.1) is 0 Å². The molecule has 0 saturated carbocycles. The molecule has 0 aliphatic heterocycles. The van der Waals surface area contributed by atoms with Gasteiger partial charge >= 0.3 is 0 Å². The van der Waals surface area contributed by atoms with Gasteiger partial charge in [0.2, 0.25) is 5.91 Å². The van der Waals surface area contributed by atoms with Crippen LogP contribution in [-0.4, -0.2) is 27.2 Å². The third kappa shape index (κ3) is 3.07. The fraction of sp³-hybridized carbons (Fsp3) is 0.250. The number of amides is 1. The summed E-state index contributed by atoms with van der Waals surface area (Å²) in [6.07, 6.45) is 6.15. The third-order valence-electron chi connectivity index (χ3n) is 2.53. The molecule has 3 N–H and O–H groups in total. The molecule has 2 aromatic rings. The first-order chi connectivity index (χ1) is 8.65. The van der Waals surface area contributed by atoms with Crippen molar-refractivity contribution in [2.24, 2.45) is 12.8 Å². The van der Waals surface area contributed by atoms with Crippen molar-refractivity contribution >= 4 is 11.7 Å². The molecule has 2 aromatic heterocycles. The Kier molecular flexibility index (Phi) is 3.57. The second kappa shape index (κ2) is 5.31. The maximum atomic E-state index is 10.9. The van der Waals surface area contributed by atoms with Crippen molar-refractivity contribution in [1.82, 2.24) is 14.8 Å². The number of carbonyl (C=O) groups is 1. The van der Waals surface area contributed by atoms with Crippen LogP contribution in [0.3, 0.4) is 0 Å². The third-order valence-corrected chi connectivity index (χ3v) is 2.53. The molecule has 0 bridgehead atoms.